The second kappa shape index (κ2) is 11.1. The molecule has 39 heavy (non-hydrogen) atoms. The highest BCUT2D eigenvalue weighted by Crippen LogP contribution is 2.44. The van der Waals surface area contributed by atoms with E-state index in [-0.39, 0.29) is 28.0 Å². The topological polar surface area (TPSA) is 127 Å². The fraction of sp³-hybridized carbons (Fsp3) is 0.500. The second-order valence-electron chi connectivity index (χ2n) is 11.5. The molecule has 4 rings (SSSR count). The van der Waals surface area contributed by atoms with Gasteiger partial charge < -0.3 is 29.4 Å². The van der Waals surface area contributed by atoms with Crippen molar-refractivity contribution < 1.29 is 33.2 Å². The lowest BCUT2D eigenvalue weighted by Gasteiger charge is -2.51. The van der Waals surface area contributed by atoms with E-state index in [0.29, 0.717) is 18.7 Å². The van der Waals surface area contributed by atoms with Crippen LogP contribution in [0.15, 0.2) is 48.5 Å². The zero-order valence-electron chi connectivity index (χ0n) is 23.5. The number of aliphatic hydroxyl groups excluding tert-OH is 1. The van der Waals surface area contributed by atoms with Crippen molar-refractivity contribution in [1.29, 1.82) is 0 Å². The number of pyridine rings is 1. The van der Waals surface area contributed by atoms with Gasteiger partial charge >= 0.3 is 12.7 Å². The van der Waals surface area contributed by atoms with E-state index in [1.165, 1.54) is 6.92 Å². The summed E-state index contributed by atoms with van der Waals surface area (Å²) in [4.78, 5) is 44.0. The Balaban J connectivity index is 1.57. The highest BCUT2D eigenvalue weighted by Gasteiger charge is 2.70. The molecular weight excluding hydrogens is 499 g/mol. The summed E-state index contributed by atoms with van der Waals surface area (Å²) in [7, 11) is 1.94. The Kier molecular flexibility index (Phi) is 8.16. The van der Waals surface area contributed by atoms with E-state index < -0.39 is 42.6 Å². The Morgan fingerprint density at radius 3 is 2.44 bits per heavy atom. The minimum atomic E-state index is -2.28. The van der Waals surface area contributed by atoms with E-state index in [0.717, 1.165) is 5.56 Å². The van der Waals surface area contributed by atoms with Gasteiger partial charge in [-0.05, 0) is 38.8 Å². The fourth-order valence-corrected chi connectivity index (χ4v) is 5.94. The van der Waals surface area contributed by atoms with E-state index >= 15 is 0 Å². The van der Waals surface area contributed by atoms with Crippen LogP contribution in [-0.4, -0.2) is 82.8 Å². The normalized spacial score (nSPS) is 28.4. The molecule has 0 spiro atoms. The number of benzene rings is 1. The van der Waals surface area contributed by atoms with Crippen molar-refractivity contribution in [1.82, 2.24) is 15.6 Å². The third-order valence-electron chi connectivity index (χ3n) is 8.43. The Morgan fingerprint density at radius 2 is 1.79 bits per heavy atom. The van der Waals surface area contributed by atoms with Crippen molar-refractivity contribution in [2.45, 2.75) is 71.2 Å². The van der Waals surface area contributed by atoms with Crippen LogP contribution in [0.3, 0.4) is 0 Å². The molecule has 10 nitrogen and oxygen atoms in total. The Bertz CT molecular complexity index is 1230. The Hall–Kier alpha value is -3.28. The van der Waals surface area contributed by atoms with Gasteiger partial charge in [-0.15, -0.1) is 0 Å². The number of aromatic nitrogens is 1. The fourth-order valence-electron chi connectivity index (χ4n) is 5.94. The molecule has 2 aliphatic rings. The first-order valence-electron chi connectivity index (χ1n) is 13.6. The number of likely N-dealkylation sites (N-methyl/N-ethyl adjacent to an activating group) is 1. The van der Waals surface area contributed by atoms with Gasteiger partial charge in [-0.3, -0.25) is 9.59 Å². The molecule has 3 heterocycles. The van der Waals surface area contributed by atoms with Crippen molar-refractivity contribution in [2.75, 3.05) is 13.7 Å². The van der Waals surface area contributed by atoms with Crippen LogP contribution in [0.25, 0.3) is 11.3 Å². The molecule has 2 aliphatic heterocycles. The van der Waals surface area contributed by atoms with Crippen LogP contribution in [0.5, 0.6) is 0 Å². The molecule has 3 N–H and O–H groups in total. The van der Waals surface area contributed by atoms with Crippen molar-refractivity contribution >= 4 is 24.5 Å². The number of rotatable bonds is 9. The van der Waals surface area contributed by atoms with Gasteiger partial charge in [0.15, 0.2) is 0 Å². The predicted molar refractivity (Wildman–Crippen MR) is 147 cm³/mol. The molecule has 210 valence electrons. The minimum Gasteiger partial charge on any atom is -0.609 e. The third-order valence-corrected chi connectivity index (χ3v) is 8.43. The van der Waals surface area contributed by atoms with E-state index in [9.17, 15) is 19.5 Å². The lowest BCUT2D eigenvalue weighted by molar-refractivity contribution is -0.844. The molecule has 0 bridgehead atoms. The van der Waals surface area contributed by atoms with Crippen molar-refractivity contribution in [3.05, 3.63) is 54.2 Å². The minimum absolute atomic E-state index is 0.0201. The first-order chi connectivity index (χ1) is 18.4. The molecule has 2 aromatic rings. The van der Waals surface area contributed by atoms with Gasteiger partial charge in [-0.1, -0.05) is 56.7 Å². The third kappa shape index (κ3) is 5.18. The van der Waals surface area contributed by atoms with Crippen LogP contribution >= 0.6 is 0 Å². The lowest BCUT2D eigenvalue weighted by Crippen LogP contribution is -2.75. The van der Waals surface area contributed by atoms with Crippen LogP contribution in [-0.2, 0) is 18.9 Å². The van der Waals surface area contributed by atoms with Gasteiger partial charge in [0.1, 0.15) is 17.8 Å². The summed E-state index contributed by atoms with van der Waals surface area (Å²) in [5.74, 6) is -2.07. The van der Waals surface area contributed by atoms with Crippen molar-refractivity contribution in [3.8, 4) is 11.3 Å². The second-order valence-corrected chi connectivity index (χ2v) is 11.5. The van der Waals surface area contributed by atoms with E-state index in [1.54, 1.807) is 18.2 Å². The summed E-state index contributed by atoms with van der Waals surface area (Å²) in [5, 5.41) is 16.2. The maximum absolute atomic E-state index is 13.6. The van der Waals surface area contributed by atoms with Gasteiger partial charge in [0.05, 0.1) is 24.4 Å². The number of aliphatic hydroxyl groups is 1. The smallest absolute Gasteiger partial charge is 0.549 e. The standard InChI is InChI=1S/C28H39BN4O6/c1-17(2)15-24(29-33(6,18(3)16-38-29)19(4)28(37)39-29)31-27(36)25(20(5)34)32-26(35)23-14-10-13-22(30-23)21-11-8-7-9-12-21/h7-14,17-20,24-25,34H,15-16H2,1-6H3,(H,31,36)(H,32,35)/t18-,19+,20-,24+,25+,29?,33?/m1/s1. The number of hydrogen-bond donors (Lipinski definition) is 3. The van der Waals surface area contributed by atoms with E-state index in [4.69, 9.17) is 9.31 Å². The molecule has 7 atom stereocenters. The molecule has 1 aromatic heterocycles. The average molecular weight is 538 g/mol. The van der Waals surface area contributed by atoms with Crippen LogP contribution in [0, 0.1) is 5.92 Å². The summed E-state index contributed by atoms with van der Waals surface area (Å²) >= 11 is 0. The summed E-state index contributed by atoms with van der Waals surface area (Å²) in [6.07, 6.45) is -0.724. The van der Waals surface area contributed by atoms with E-state index in [2.05, 4.69) is 15.6 Å². The highest BCUT2D eigenvalue weighted by atomic mass is 16.7. The SMILES string of the molecule is CC(C)C[C@H](NC(=O)[C@@H](NC(=O)c1cccc(-c2ccccc2)n1)[C@@H](C)O)[B-]12OC[C@@H](C)[N+]1(C)[C@@H](C)C(=O)O2. The molecule has 0 aliphatic carbocycles. The maximum Gasteiger partial charge on any atom is 0.549 e. The lowest BCUT2D eigenvalue weighted by atomic mass is 9.57. The summed E-state index contributed by atoms with van der Waals surface area (Å²) in [6, 6.07) is 12.8. The number of nitrogens with zero attached hydrogens (tertiary/aromatic N) is 2. The van der Waals surface area contributed by atoms with Crippen LogP contribution in [0.4, 0.5) is 0 Å². The first-order valence-corrected chi connectivity index (χ1v) is 13.6. The molecule has 2 fully saturated rings. The number of carbonyl (C=O) groups excluding carboxylic acids is 3. The van der Waals surface area contributed by atoms with Crippen LogP contribution in [0.1, 0.15) is 51.5 Å². The number of nitrogens with one attached hydrogen (secondary N) is 2. The molecule has 2 amide bonds. The van der Waals surface area contributed by atoms with E-state index in [1.807, 2.05) is 65.1 Å². The number of hydrogen-bond acceptors (Lipinski definition) is 7. The summed E-state index contributed by atoms with van der Waals surface area (Å²) < 4.78 is 12.4. The van der Waals surface area contributed by atoms with Gasteiger partial charge in [-0.2, -0.15) is 0 Å². The molecule has 2 saturated heterocycles. The number of fused-ring (bicyclic) bond motifs is 1. The molecule has 11 heteroatoms. The first kappa shape index (κ1) is 28.7. The Labute approximate surface area is 229 Å². The van der Waals surface area contributed by atoms with Crippen LogP contribution < -0.4 is 10.6 Å². The monoisotopic (exact) mass is 538 g/mol. The Morgan fingerprint density at radius 1 is 1.10 bits per heavy atom. The largest absolute Gasteiger partial charge is 0.609 e. The van der Waals surface area contributed by atoms with Gasteiger partial charge in [0.25, 0.3) is 5.91 Å². The zero-order valence-corrected chi connectivity index (χ0v) is 23.5. The molecule has 2 unspecified atom stereocenters. The number of carbonyl (C=O) groups is 3. The van der Waals surface area contributed by atoms with Crippen molar-refractivity contribution in [2.24, 2.45) is 5.92 Å². The summed E-state index contributed by atoms with van der Waals surface area (Å²) in [5.41, 5.74) is 1.58. The maximum atomic E-state index is 13.6. The zero-order chi connectivity index (χ0) is 28.5. The predicted octanol–water partition coefficient (Wildman–Crippen LogP) is 2.05. The number of quaternary nitrogens is 1. The van der Waals surface area contributed by atoms with Gasteiger partial charge in [0.2, 0.25) is 5.91 Å². The molecule has 0 radical (unpaired) electrons. The molecular formula is C28H39BN4O6. The van der Waals surface area contributed by atoms with Crippen LogP contribution in [0.2, 0.25) is 0 Å². The highest BCUT2D eigenvalue weighted by molar-refractivity contribution is 6.65. The molecule has 0 saturated carbocycles. The summed E-state index contributed by atoms with van der Waals surface area (Å²) in [6.45, 7) is 7.38. The average Bonchev–Trinajstić information content (AvgIpc) is 3.28. The van der Waals surface area contributed by atoms with Crippen molar-refractivity contribution in [3.63, 3.8) is 0 Å². The number of amides is 2. The van der Waals surface area contributed by atoms with Gasteiger partial charge in [0, 0.05) is 18.6 Å². The molecule has 1 aromatic carbocycles. The quantitative estimate of drug-likeness (QED) is 0.417. The van der Waals surface area contributed by atoms with Gasteiger partial charge in [-0.25, -0.2) is 9.78 Å².